The number of carbonyl (C=O) groups is 1. The highest BCUT2D eigenvalue weighted by Gasteiger charge is 2.05. The largest absolute Gasteiger partial charge is 0.480 e. The van der Waals surface area contributed by atoms with Crippen LogP contribution >= 0.6 is 15.9 Å². The van der Waals surface area contributed by atoms with Crippen molar-refractivity contribution in [2.45, 2.75) is 6.92 Å². The van der Waals surface area contributed by atoms with Crippen molar-refractivity contribution in [1.82, 2.24) is 0 Å². The molecule has 5 heteroatoms. The fourth-order valence-electron chi connectivity index (χ4n) is 1.01. The van der Waals surface area contributed by atoms with Crippen LogP contribution in [0.15, 0.2) is 16.6 Å². The van der Waals surface area contributed by atoms with E-state index in [1.165, 1.54) is 12.1 Å². The van der Waals surface area contributed by atoms with Crippen molar-refractivity contribution < 1.29 is 14.3 Å². The third-order valence-electron chi connectivity index (χ3n) is 1.70. The quantitative estimate of drug-likeness (QED) is 0.879. The van der Waals surface area contributed by atoms with Crippen molar-refractivity contribution in [3.05, 3.63) is 28.0 Å². The van der Waals surface area contributed by atoms with Crippen molar-refractivity contribution in [1.29, 1.82) is 0 Å². The normalized spacial score (nSPS) is 9.93. The van der Waals surface area contributed by atoms with Crippen molar-refractivity contribution in [2.24, 2.45) is 0 Å². The first-order valence-electron chi connectivity index (χ1n) is 3.92. The molecule has 0 aliphatic heterocycles. The minimum atomic E-state index is -0.954. The Balaban J connectivity index is 2.87. The Morgan fingerprint density at radius 1 is 1.64 bits per heavy atom. The summed E-state index contributed by atoms with van der Waals surface area (Å²) in [6.07, 6.45) is 0. The first-order valence-corrected chi connectivity index (χ1v) is 4.71. The van der Waals surface area contributed by atoms with Gasteiger partial charge in [0.05, 0.1) is 4.47 Å². The lowest BCUT2D eigenvalue weighted by atomic mass is 10.2. The molecule has 0 aliphatic rings. The van der Waals surface area contributed by atoms with Gasteiger partial charge in [0, 0.05) is 5.69 Å². The summed E-state index contributed by atoms with van der Waals surface area (Å²) in [6, 6.07) is 2.86. The van der Waals surface area contributed by atoms with Gasteiger partial charge in [-0.15, -0.1) is 0 Å². The SMILES string of the molecule is Cc1cc(F)c(Br)cc1NCC(=O)O. The minimum Gasteiger partial charge on any atom is -0.480 e. The summed E-state index contributed by atoms with van der Waals surface area (Å²) in [7, 11) is 0. The van der Waals surface area contributed by atoms with Crippen molar-refractivity contribution >= 4 is 27.6 Å². The van der Waals surface area contributed by atoms with E-state index in [2.05, 4.69) is 21.2 Å². The van der Waals surface area contributed by atoms with Crippen molar-refractivity contribution in [3.8, 4) is 0 Å². The van der Waals surface area contributed by atoms with E-state index in [0.29, 0.717) is 15.7 Å². The Morgan fingerprint density at radius 3 is 2.86 bits per heavy atom. The number of hydrogen-bond donors (Lipinski definition) is 2. The monoisotopic (exact) mass is 261 g/mol. The van der Waals surface area contributed by atoms with E-state index in [-0.39, 0.29) is 12.4 Å². The molecule has 0 spiro atoms. The molecule has 0 unspecified atom stereocenters. The maximum atomic E-state index is 13.0. The highest BCUT2D eigenvalue weighted by molar-refractivity contribution is 9.10. The zero-order valence-corrected chi connectivity index (χ0v) is 9.06. The molecular weight excluding hydrogens is 253 g/mol. The molecule has 1 rings (SSSR count). The van der Waals surface area contributed by atoms with Crippen LogP contribution in [-0.4, -0.2) is 17.6 Å². The number of nitrogens with one attached hydrogen (secondary N) is 1. The standard InChI is InChI=1S/C9H9BrFNO2/c1-5-2-7(11)6(10)3-8(5)12-4-9(13)14/h2-3,12H,4H2,1H3,(H,13,14). The lowest BCUT2D eigenvalue weighted by Gasteiger charge is -2.08. The van der Waals surface area contributed by atoms with Gasteiger partial charge in [0.15, 0.2) is 0 Å². The van der Waals surface area contributed by atoms with E-state index in [9.17, 15) is 9.18 Å². The Kier molecular flexibility index (Phi) is 3.46. The molecule has 1 aromatic carbocycles. The Labute approximate surface area is 89.1 Å². The Morgan fingerprint density at radius 2 is 2.29 bits per heavy atom. The van der Waals surface area contributed by atoms with Crippen LogP contribution in [0, 0.1) is 12.7 Å². The van der Waals surface area contributed by atoms with Crippen LogP contribution in [0.2, 0.25) is 0 Å². The van der Waals surface area contributed by atoms with Gasteiger partial charge in [-0.1, -0.05) is 0 Å². The van der Waals surface area contributed by atoms with Gasteiger partial charge in [-0.25, -0.2) is 4.39 Å². The molecule has 0 heterocycles. The van der Waals surface area contributed by atoms with Gasteiger partial charge in [0.1, 0.15) is 12.4 Å². The average Bonchev–Trinajstić information content (AvgIpc) is 2.09. The van der Waals surface area contributed by atoms with E-state index in [1.807, 2.05) is 0 Å². The topological polar surface area (TPSA) is 49.3 Å². The number of aliphatic carboxylic acids is 1. The zero-order chi connectivity index (χ0) is 10.7. The summed E-state index contributed by atoms with van der Waals surface area (Å²) in [4.78, 5) is 10.3. The predicted molar refractivity (Wildman–Crippen MR) is 55.0 cm³/mol. The van der Waals surface area contributed by atoms with E-state index in [1.54, 1.807) is 6.92 Å². The van der Waals surface area contributed by atoms with Crippen LogP contribution in [0.3, 0.4) is 0 Å². The Hall–Kier alpha value is -1.10. The summed E-state index contributed by atoms with van der Waals surface area (Å²) in [5.41, 5.74) is 1.28. The summed E-state index contributed by atoms with van der Waals surface area (Å²) in [5, 5.41) is 11.1. The zero-order valence-electron chi connectivity index (χ0n) is 7.47. The molecule has 14 heavy (non-hydrogen) atoms. The molecule has 0 saturated heterocycles. The molecule has 0 fully saturated rings. The van der Waals surface area contributed by atoms with Crippen molar-refractivity contribution in [2.75, 3.05) is 11.9 Å². The molecule has 0 saturated carbocycles. The van der Waals surface area contributed by atoms with Crippen LogP contribution in [0.5, 0.6) is 0 Å². The molecule has 0 bridgehead atoms. The second-order valence-corrected chi connectivity index (χ2v) is 3.68. The van der Waals surface area contributed by atoms with Gasteiger partial charge in [-0.05, 0) is 40.5 Å². The van der Waals surface area contributed by atoms with Gasteiger partial charge in [-0.2, -0.15) is 0 Å². The number of aryl methyl sites for hydroxylation is 1. The van der Waals surface area contributed by atoms with Gasteiger partial charge in [-0.3, -0.25) is 4.79 Å². The lowest BCUT2D eigenvalue weighted by Crippen LogP contribution is -2.13. The number of benzene rings is 1. The highest BCUT2D eigenvalue weighted by atomic mass is 79.9. The van der Waals surface area contributed by atoms with Gasteiger partial charge in [0.2, 0.25) is 0 Å². The average molecular weight is 262 g/mol. The predicted octanol–water partition coefficient (Wildman–Crippen LogP) is 2.39. The fraction of sp³-hybridized carbons (Fsp3) is 0.222. The maximum Gasteiger partial charge on any atom is 0.322 e. The van der Waals surface area contributed by atoms with E-state index >= 15 is 0 Å². The number of anilines is 1. The highest BCUT2D eigenvalue weighted by Crippen LogP contribution is 2.23. The summed E-state index contributed by atoms with van der Waals surface area (Å²) in [6.45, 7) is 1.53. The number of hydrogen-bond acceptors (Lipinski definition) is 2. The van der Waals surface area contributed by atoms with Crippen LogP contribution in [0.4, 0.5) is 10.1 Å². The molecule has 2 N–H and O–H groups in total. The second-order valence-electron chi connectivity index (χ2n) is 2.83. The fourth-order valence-corrected chi connectivity index (χ4v) is 1.35. The number of carboxylic acids is 1. The van der Waals surface area contributed by atoms with Gasteiger partial charge >= 0.3 is 5.97 Å². The third kappa shape index (κ3) is 2.70. The molecule has 76 valence electrons. The Bertz CT molecular complexity index is 368. The summed E-state index contributed by atoms with van der Waals surface area (Å²) in [5.74, 6) is -1.31. The minimum absolute atomic E-state index is 0.182. The molecular formula is C9H9BrFNO2. The van der Waals surface area contributed by atoms with Gasteiger partial charge in [0.25, 0.3) is 0 Å². The first-order chi connectivity index (χ1) is 6.50. The summed E-state index contributed by atoms with van der Waals surface area (Å²) < 4.78 is 13.3. The van der Waals surface area contributed by atoms with E-state index in [4.69, 9.17) is 5.11 Å². The lowest BCUT2D eigenvalue weighted by molar-refractivity contribution is -0.134. The van der Waals surface area contributed by atoms with Crippen LogP contribution in [-0.2, 0) is 4.79 Å². The molecule has 0 aromatic heterocycles. The number of halogens is 2. The van der Waals surface area contributed by atoms with Crippen LogP contribution < -0.4 is 5.32 Å². The molecule has 0 atom stereocenters. The van der Waals surface area contributed by atoms with E-state index in [0.717, 1.165) is 0 Å². The maximum absolute atomic E-state index is 13.0. The van der Waals surface area contributed by atoms with Crippen LogP contribution in [0.1, 0.15) is 5.56 Å². The summed E-state index contributed by atoms with van der Waals surface area (Å²) >= 11 is 3.02. The van der Waals surface area contributed by atoms with Crippen molar-refractivity contribution in [3.63, 3.8) is 0 Å². The first kappa shape index (κ1) is 11.0. The molecule has 0 aliphatic carbocycles. The van der Waals surface area contributed by atoms with Crippen LogP contribution in [0.25, 0.3) is 0 Å². The molecule has 0 amide bonds. The number of rotatable bonds is 3. The van der Waals surface area contributed by atoms with Gasteiger partial charge < -0.3 is 10.4 Å². The molecule has 0 radical (unpaired) electrons. The third-order valence-corrected chi connectivity index (χ3v) is 2.31. The molecule has 3 nitrogen and oxygen atoms in total. The second kappa shape index (κ2) is 4.41. The van der Waals surface area contributed by atoms with E-state index < -0.39 is 5.97 Å². The smallest absolute Gasteiger partial charge is 0.322 e. The molecule has 1 aromatic rings. The number of carboxylic acid groups (broad SMARTS) is 1.